The molecule has 1 aromatic carbocycles. The van der Waals surface area contributed by atoms with Crippen LogP contribution in [-0.4, -0.2) is 31.9 Å². The van der Waals surface area contributed by atoms with Gasteiger partial charge in [0.1, 0.15) is 0 Å². The number of aliphatic imine (C=N–C) groups is 1. The van der Waals surface area contributed by atoms with E-state index < -0.39 is 9.84 Å². The fourth-order valence-electron chi connectivity index (χ4n) is 3.26. The minimum Gasteiger partial charge on any atom is -0.370 e. The van der Waals surface area contributed by atoms with E-state index in [0.717, 1.165) is 31.4 Å². The van der Waals surface area contributed by atoms with Gasteiger partial charge in [0.15, 0.2) is 15.8 Å². The third-order valence-corrected chi connectivity index (χ3v) is 6.81. The summed E-state index contributed by atoms with van der Waals surface area (Å²) >= 11 is 0. The Morgan fingerprint density at radius 3 is 2.86 bits per heavy atom. The molecule has 0 aromatic heterocycles. The summed E-state index contributed by atoms with van der Waals surface area (Å²) in [5, 5.41) is 2.70. The molecule has 1 atom stereocenters. The van der Waals surface area contributed by atoms with Crippen LogP contribution in [0.1, 0.15) is 36.8 Å². The molecule has 5 nitrogen and oxygen atoms in total. The SMILES string of the molecule is NC(=NCC1CCCCS1(=O)=O)Nc1ccc2c(c1)CCC2. The molecule has 1 unspecified atom stereocenters. The van der Waals surface area contributed by atoms with Gasteiger partial charge < -0.3 is 11.1 Å². The summed E-state index contributed by atoms with van der Waals surface area (Å²) < 4.78 is 23.9. The quantitative estimate of drug-likeness (QED) is 0.657. The van der Waals surface area contributed by atoms with E-state index in [2.05, 4.69) is 22.4 Å². The number of hydrogen-bond donors (Lipinski definition) is 2. The Bertz CT molecular complexity index is 683. The Labute approximate surface area is 131 Å². The molecule has 0 saturated carbocycles. The second kappa shape index (κ2) is 6.28. The Morgan fingerprint density at radius 2 is 2.05 bits per heavy atom. The van der Waals surface area contributed by atoms with Crippen LogP contribution in [0.15, 0.2) is 23.2 Å². The van der Waals surface area contributed by atoms with Crippen LogP contribution in [0.25, 0.3) is 0 Å². The molecule has 0 bridgehead atoms. The van der Waals surface area contributed by atoms with Crippen molar-refractivity contribution >= 4 is 21.5 Å². The zero-order valence-corrected chi connectivity index (χ0v) is 13.5. The number of rotatable bonds is 3. The topological polar surface area (TPSA) is 84.5 Å². The highest BCUT2D eigenvalue weighted by Crippen LogP contribution is 2.25. The maximum atomic E-state index is 12.0. The van der Waals surface area contributed by atoms with Gasteiger partial charge in [-0.3, -0.25) is 4.99 Å². The van der Waals surface area contributed by atoms with Crippen LogP contribution in [0.5, 0.6) is 0 Å². The number of aryl methyl sites for hydroxylation is 2. The van der Waals surface area contributed by atoms with Gasteiger partial charge in [0.25, 0.3) is 0 Å². The van der Waals surface area contributed by atoms with Crippen molar-refractivity contribution in [2.45, 2.75) is 43.8 Å². The Morgan fingerprint density at radius 1 is 1.23 bits per heavy atom. The summed E-state index contributed by atoms with van der Waals surface area (Å²) in [7, 11) is -2.99. The summed E-state index contributed by atoms with van der Waals surface area (Å²) in [5.41, 5.74) is 9.60. The molecule has 1 aromatic rings. The van der Waals surface area contributed by atoms with Crippen LogP contribution >= 0.6 is 0 Å². The number of nitrogens with two attached hydrogens (primary N) is 1. The van der Waals surface area contributed by atoms with Crippen molar-refractivity contribution in [2.24, 2.45) is 10.7 Å². The van der Waals surface area contributed by atoms with Gasteiger partial charge in [0.2, 0.25) is 0 Å². The molecule has 0 radical (unpaired) electrons. The second-order valence-electron chi connectivity index (χ2n) is 6.17. The van der Waals surface area contributed by atoms with Crippen molar-refractivity contribution in [3.8, 4) is 0 Å². The van der Waals surface area contributed by atoms with Crippen LogP contribution in [0.2, 0.25) is 0 Å². The first kappa shape index (κ1) is 15.3. The summed E-state index contributed by atoms with van der Waals surface area (Å²) in [4.78, 5) is 4.24. The van der Waals surface area contributed by atoms with Crippen LogP contribution in [0.4, 0.5) is 5.69 Å². The van der Waals surface area contributed by atoms with Crippen molar-refractivity contribution in [3.63, 3.8) is 0 Å². The highest BCUT2D eigenvalue weighted by Gasteiger charge is 2.28. The number of guanidine groups is 1. The molecule has 0 spiro atoms. The lowest BCUT2D eigenvalue weighted by Gasteiger charge is -2.20. The number of nitrogens with one attached hydrogen (secondary N) is 1. The Hall–Kier alpha value is -1.56. The third kappa shape index (κ3) is 3.43. The van der Waals surface area contributed by atoms with Gasteiger partial charge in [-0.25, -0.2) is 8.42 Å². The van der Waals surface area contributed by atoms with Crippen molar-refractivity contribution in [3.05, 3.63) is 29.3 Å². The number of hydrogen-bond acceptors (Lipinski definition) is 3. The van der Waals surface area contributed by atoms with Crippen LogP contribution in [-0.2, 0) is 22.7 Å². The molecule has 3 N–H and O–H groups in total. The lowest BCUT2D eigenvalue weighted by molar-refractivity contribution is 0.541. The summed E-state index contributed by atoms with van der Waals surface area (Å²) in [6.45, 7) is 0.256. The van der Waals surface area contributed by atoms with Gasteiger partial charge in [0.05, 0.1) is 17.5 Å². The Balaban J connectivity index is 1.63. The van der Waals surface area contributed by atoms with Gasteiger partial charge >= 0.3 is 0 Å². The van der Waals surface area contributed by atoms with E-state index in [1.165, 1.54) is 17.5 Å². The first-order valence-electron chi connectivity index (χ1n) is 7.95. The standard InChI is InChI=1S/C16H23N3O2S/c17-16(18-11-15-6-1-2-9-22(15,20)21)19-14-8-7-12-4-3-5-13(12)10-14/h7-8,10,15H,1-6,9,11H2,(H3,17,18,19). The van der Waals surface area contributed by atoms with E-state index in [1.807, 2.05) is 6.07 Å². The second-order valence-corrected chi connectivity index (χ2v) is 8.57. The molecular formula is C16H23N3O2S. The maximum absolute atomic E-state index is 12.0. The van der Waals surface area contributed by atoms with E-state index in [1.54, 1.807) is 0 Å². The summed E-state index contributed by atoms with van der Waals surface area (Å²) in [6.07, 6.45) is 5.89. The van der Waals surface area contributed by atoms with Gasteiger partial charge in [-0.2, -0.15) is 0 Å². The van der Waals surface area contributed by atoms with Crippen molar-refractivity contribution in [1.29, 1.82) is 0 Å². The van der Waals surface area contributed by atoms with Crippen LogP contribution in [0.3, 0.4) is 0 Å². The van der Waals surface area contributed by atoms with Crippen LogP contribution < -0.4 is 11.1 Å². The molecular weight excluding hydrogens is 298 g/mol. The molecule has 1 aliphatic carbocycles. The smallest absolute Gasteiger partial charge is 0.193 e. The maximum Gasteiger partial charge on any atom is 0.193 e. The van der Waals surface area contributed by atoms with Gasteiger partial charge in [0, 0.05) is 5.69 Å². The number of anilines is 1. The largest absolute Gasteiger partial charge is 0.370 e. The lowest BCUT2D eigenvalue weighted by atomic mass is 10.1. The average molecular weight is 321 g/mol. The number of sulfone groups is 1. The van der Waals surface area contributed by atoms with Crippen LogP contribution in [0, 0.1) is 0 Å². The van der Waals surface area contributed by atoms with Crippen molar-refractivity contribution in [2.75, 3.05) is 17.6 Å². The molecule has 1 fully saturated rings. The molecule has 1 heterocycles. The number of nitrogens with zero attached hydrogens (tertiary/aromatic N) is 1. The zero-order valence-electron chi connectivity index (χ0n) is 12.7. The molecule has 2 aliphatic rings. The summed E-state index contributed by atoms with van der Waals surface area (Å²) in [5.74, 6) is 0.574. The molecule has 120 valence electrons. The molecule has 6 heteroatoms. The normalized spacial score (nSPS) is 24.0. The fourth-order valence-corrected chi connectivity index (χ4v) is 5.03. The zero-order chi connectivity index (χ0) is 15.6. The predicted octanol–water partition coefficient (Wildman–Crippen LogP) is 1.87. The monoisotopic (exact) mass is 321 g/mol. The lowest BCUT2D eigenvalue weighted by Crippen LogP contribution is -2.32. The fraction of sp³-hybridized carbons (Fsp3) is 0.562. The van der Waals surface area contributed by atoms with Gasteiger partial charge in [-0.05, 0) is 55.4 Å². The number of benzene rings is 1. The molecule has 22 heavy (non-hydrogen) atoms. The van der Waals surface area contributed by atoms with E-state index in [0.29, 0.717) is 12.4 Å². The van der Waals surface area contributed by atoms with E-state index in [9.17, 15) is 8.42 Å². The first-order valence-corrected chi connectivity index (χ1v) is 9.66. The van der Waals surface area contributed by atoms with E-state index in [4.69, 9.17) is 5.73 Å². The van der Waals surface area contributed by atoms with Crippen molar-refractivity contribution in [1.82, 2.24) is 0 Å². The molecule has 1 aliphatic heterocycles. The van der Waals surface area contributed by atoms with Gasteiger partial charge in [-0.15, -0.1) is 0 Å². The highest BCUT2D eigenvalue weighted by molar-refractivity contribution is 7.92. The number of fused-ring (bicyclic) bond motifs is 1. The van der Waals surface area contributed by atoms with Gasteiger partial charge in [-0.1, -0.05) is 12.5 Å². The highest BCUT2D eigenvalue weighted by atomic mass is 32.2. The summed E-state index contributed by atoms with van der Waals surface area (Å²) in [6, 6.07) is 6.25. The minimum absolute atomic E-state index is 0.256. The Kier molecular flexibility index (Phi) is 4.38. The minimum atomic E-state index is -2.99. The first-order chi connectivity index (χ1) is 10.5. The van der Waals surface area contributed by atoms with E-state index in [-0.39, 0.29) is 17.5 Å². The molecule has 0 amide bonds. The van der Waals surface area contributed by atoms with E-state index >= 15 is 0 Å². The van der Waals surface area contributed by atoms with Crippen molar-refractivity contribution < 1.29 is 8.42 Å². The molecule has 1 saturated heterocycles. The average Bonchev–Trinajstić information content (AvgIpc) is 2.93. The third-order valence-electron chi connectivity index (χ3n) is 4.55. The predicted molar refractivity (Wildman–Crippen MR) is 90.0 cm³/mol. The molecule has 3 rings (SSSR count).